The van der Waals surface area contributed by atoms with Gasteiger partial charge < -0.3 is 9.55 Å². The molecule has 0 aliphatic heterocycles. The Morgan fingerprint density at radius 1 is 0.576 bits per heavy atom. The fourth-order valence-corrected chi connectivity index (χ4v) is 6.87. The summed E-state index contributed by atoms with van der Waals surface area (Å²) in [7, 11) is 0. The fourth-order valence-electron chi connectivity index (χ4n) is 5.60. The Bertz CT molecular complexity index is 1990. The Morgan fingerprint density at radius 3 is 2.15 bits per heavy atom. The summed E-state index contributed by atoms with van der Waals surface area (Å²) in [5.41, 5.74) is 6.14. The number of thiophene rings is 1. The Labute approximate surface area is 193 Å². The zero-order chi connectivity index (χ0) is 21.5. The molecule has 0 atom stereocenters. The fraction of sp³-hybridized carbons (Fsp3) is 0. The van der Waals surface area contributed by atoms with Crippen LogP contribution in [0.1, 0.15) is 0 Å². The summed E-state index contributed by atoms with van der Waals surface area (Å²) in [6.07, 6.45) is 0. The van der Waals surface area contributed by atoms with E-state index in [4.69, 9.17) is 0 Å². The van der Waals surface area contributed by atoms with Crippen LogP contribution in [0.2, 0.25) is 0 Å². The molecule has 0 aliphatic rings. The highest BCUT2D eigenvalue weighted by atomic mass is 32.1. The van der Waals surface area contributed by atoms with E-state index in [1.165, 1.54) is 69.5 Å². The Morgan fingerprint density at radius 2 is 1.27 bits per heavy atom. The van der Waals surface area contributed by atoms with Crippen LogP contribution in [0.25, 0.3) is 69.5 Å². The lowest BCUT2D eigenvalue weighted by molar-refractivity contribution is 1.19. The van der Waals surface area contributed by atoms with Crippen molar-refractivity contribution in [1.82, 2.24) is 9.55 Å². The third-order valence-corrected chi connectivity index (χ3v) is 8.09. The van der Waals surface area contributed by atoms with Gasteiger partial charge in [0.05, 0.1) is 16.6 Å². The molecule has 3 heterocycles. The van der Waals surface area contributed by atoms with Gasteiger partial charge in [0, 0.05) is 52.9 Å². The van der Waals surface area contributed by atoms with E-state index in [2.05, 4.69) is 113 Å². The maximum atomic E-state index is 3.81. The van der Waals surface area contributed by atoms with Crippen LogP contribution in [-0.4, -0.2) is 9.55 Å². The van der Waals surface area contributed by atoms with Crippen LogP contribution in [0.3, 0.4) is 0 Å². The highest BCUT2D eigenvalue weighted by molar-refractivity contribution is 7.27. The number of nitrogens with zero attached hydrogens (tertiary/aromatic N) is 1. The number of aromatic amines is 1. The predicted molar refractivity (Wildman–Crippen MR) is 143 cm³/mol. The Hall–Kier alpha value is -4.08. The van der Waals surface area contributed by atoms with Crippen molar-refractivity contribution in [3.8, 4) is 5.69 Å². The van der Waals surface area contributed by atoms with Crippen molar-refractivity contribution in [3.63, 3.8) is 0 Å². The highest BCUT2D eigenvalue weighted by Crippen LogP contribution is 2.49. The molecule has 0 spiro atoms. The third kappa shape index (κ3) is 2.17. The molecule has 0 bridgehead atoms. The van der Waals surface area contributed by atoms with E-state index >= 15 is 0 Å². The van der Waals surface area contributed by atoms with E-state index in [-0.39, 0.29) is 0 Å². The molecule has 0 saturated carbocycles. The molecule has 8 rings (SSSR count). The first-order chi connectivity index (χ1) is 16.4. The van der Waals surface area contributed by atoms with E-state index < -0.39 is 0 Å². The topological polar surface area (TPSA) is 20.7 Å². The maximum Gasteiger partial charge on any atom is 0.0655 e. The first-order valence-electron chi connectivity index (χ1n) is 11.2. The van der Waals surface area contributed by atoms with Crippen molar-refractivity contribution >= 4 is 75.1 Å². The summed E-state index contributed by atoms with van der Waals surface area (Å²) >= 11 is 1.91. The van der Waals surface area contributed by atoms with Gasteiger partial charge in [-0.3, -0.25) is 0 Å². The van der Waals surface area contributed by atoms with Gasteiger partial charge in [0.1, 0.15) is 0 Å². The molecule has 0 saturated heterocycles. The molecular formula is C30H18N2S. The number of fused-ring (bicyclic) bond motifs is 12. The number of rotatable bonds is 1. The van der Waals surface area contributed by atoms with Gasteiger partial charge in [0.15, 0.2) is 0 Å². The van der Waals surface area contributed by atoms with Crippen LogP contribution in [0.15, 0.2) is 103 Å². The first-order valence-corrected chi connectivity index (χ1v) is 12.0. The summed E-state index contributed by atoms with van der Waals surface area (Å²) in [6.45, 7) is 0. The van der Waals surface area contributed by atoms with Crippen molar-refractivity contribution in [1.29, 1.82) is 0 Å². The molecule has 5 aromatic carbocycles. The van der Waals surface area contributed by atoms with E-state index in [1.807, 2.05) is 11.3 Å². The molecule has 0 unspecified atom stereocenters. The molecule has 3 heteroatoms. The standard InChI is InChI=1S/C30H18N2S/c1-2-10-18(11-3-1)32-23-16-8-5-13-20(23)25-28-26(19-12-4-7-15-22(19)31-28)30-27(29(25)32)21-14-6-9-17-24(21)33-30/h1-17,31H. The molecule has 154 valence electrons. The van der Waals surface area contributed by atoms with Crippen LogP contribution in [0.5, 0.6) is 0 Å². The molecule has 0 fully saturated rings. The number of H-pyrrole nitrogens is 1. The largest absolute Gasteiger partial charge is 0.354 e. The zero-order valence-electron chi connectivity index (χ0n) is 17.7. The second-order valence-electron chi connectivity index (χ2n) is 8.63. The number of benzene rings is 5. The SMILES string of the molecule is c1ccc(-n2c3ccccc3c3c4[nH]c5ccccc5c4c4sc5ccccc5c4c32)cc1. The second-order valence-corrected chi connectivity index (χ2v) is 9.69. The molecule has 1 N–H and O–H groups in total. The lowest BCUT2D eigenvalue weighted by Gasteiger charge is -2.09. The predicted octanol–water partition coefficient (Wildman–Crippen LogP) is 8.79. The third-order valence-electron chi connectivity index (χ3n) is 6.90. The average molecular weight is 439 g/mol. The lowest BCUT2D eigenvalue weighted by atomic mass is 10.0. The normalized spacial score (nSPS) is 12.2. The highest BCUT2D eigenvalue weighted by Gasteiger charge is 2.23. The van der Waals surface area contributed by atoms with E-state index in [0.29, 0.717) is 0 Å². The minimum absolute atomic E-state index is 1.19. The van der Waals surface area contributed by atoms with Crippen molar-refractivity contribution in [2.75, 3.05) is 0 Å². The summed E-state index contributed by atoms with van der Waals surface area (Å²) in [4.78, 5) is 3.81. The minimum atomic E-state index is 1.19. The van der Waals surface area contributed by atoms with Crippen molar-refractivity contribution < 1.29 is 0 Å². The summed E-state index contributed by atoms with van der Waals surface area (Å²) in [5.74, 6) is 0. The number of hydrogen-bond donors (Lipinski definition) is 1. The summed E-state index contributed by atoms with van der Waals surface area (Å²) in [5, 5.41) is 7.90. The Kier molecular flexibility index (Phi) is 3.31. The van der Waals surface area contributed by atoms with Gasteiger partial charge in [0.2, 0.25) is 0 Å². The molecule has 0 amide bonds. The lowest BCUT2D eigenvalue weighted by Crippen LogP contribution is -1.93. The van der Waals surface area contributed by atoms with Gasteiger partial charge in [-0.1, -0.05) is 72.8 Å². The minimum Gasteiger partial charge on any atom is -0.354 e. The first kappa shape index (κ1) is 17.5. The number of para-hydroxylation sites is 3. The molecule has 3 aromatic heterocycles. The average Bonchev–Trinajstić information content (AvgIpc) is 3.53. The van der Waals surface area contributed by atoms with Gasteiger partial charge >= 0.3 is 0 Å². The van der Waals surface area contributed by atoms with E-state index in [9.17, 15) is 0 Å². The van der Waals surface area contributed by atoms with Crippen molar-refractivity contribution in [2.24, 2.45) is 0 Å². The van der Waals surface area contributed by atoms with Crippen LogP contribution in [0, 0.1) is 0 Å². The van der Waals surface area contributed by atoms with Gasteiger partial charge in [-0.25, -0.2) is 0 Å². The summed E-state index contributed by atoms with van der Waals surface area (Å²) in [6, 6.07) is 37.1. The van der Waals surface area contributed by atoms with E-state index in [1.54, 1.807) is 0 Å². The maximum absolute atomic E-state index is 3.81. The van der Waals surface area contributed by atoms with Gasteiger partial charge in [-0.2, -0.15) is 0 Å². The van der Waals surface area contributed by atoms with Crippen molar-refractivity contribution in [2.45, 2.75) is 0 Å². The van der Waals surface area contributed by atoms with Gasteiger partial charge in [-0.05, 0) is 30.3 Å². The van der Waals surface area contributed by atoms with Crippen LogP contribution in [-0.2, 0) is 0 Å². The molecule has 2 nitrogen and oxygen atoms in total. The van der Waals surface area contributed by atoms with Gasteiger partial charge in [0.25, 0.3) is 0 Å². The number of aromatic nitrogens is 2. The molecule has 8 aromatic rings. The zero-order valence-corrected chi connectivity index (χ0v) is 18.5. The quantitative estimate of drug-likeness (QED) is 0.264. The molecule has 0 radical (unpaired) electrons. The van der Waals surface area contributed by atoms with Gasteiger partial charge in [-0.15, -0.1) is 11.3 Å². The second kappa shape index (κ2) is 6.25. The van der Waals surface area contributed by atoms with E-state index in [0.717, 1.165) is 0 Å². The van der Waals surface area contributed by atoms with Crippen LogP contribution < -0.4 is 0 Å². The van der Waals surface area contributed by atoms with Crippen LogP contribution in [0.4, 0.5) is 0 Å². The van der Waals surface area contributed by atoms with Crippen molar-refractivity contribution in [3.05, 3.63) is 103 Å². The van der Waals surface area contributed by atoms with Crippen LogP contribution >= 0.6 is 11.3 Å². The molecular weight excluding hydrogens is 420 g/mol. The Balaban J connectivity index is 1.80. The molecule has 33 heavy (non-hydrogen) atoms. The summed E-state index contributed by atoms with van der Waals surface area (Å²) < 4.78 is 5.14. The number of hydrogen-bond acceptors (Lipinski definition) is 1. The monoisotopic (exact) mass is 438 g/mol. The number of nitrogens with one attached hydrogen (secondary N) is 1. The smallest absolute Gasteiger partial charge is 0.0655 e. The molecule has 0 aliphatic carbocycles.